The van der Waals surface area contributed by atoms with Crippen LogP contribution in [0.4, 0.5) is 5.69 Å². The summed E-state index contributed by atoms with van der Waals surface area (Å²) in [5, 5.41) is 19.6. The van der Waals surface area contributed by atoms with Gasteiger partial charge in [0.2, 0.25) is 5.91 Å². The van der Waals surface area contributed by atoms with Crippen LogP contribution in [0, 0.1) is 12.3 Å². The van der Waals surface area contributed by atoms with Crippen molar-refractivity contribution in [2.24, 2.45) is 10.2 Å². The lowest BCUT2D eigenvalue weighted by molar-refractivity contribution is -0.136. The molecule has 0 bridgehead atoms. The molecule has 0 fully saturated rings. The van der Waals surface area contributed by atoms with E-state index in [1.54, 1.807) is 24.3 Å². The molecule has 0 radical (unpaired) electrons. The van der Waals surface area contributed by atoms with Crippen LogP contribution in [-0.4, -0.2) is 22.6 Å². The van der Waals surface area contributed by atoms with Crippen LogP contribution in [-0.2, 0) is 16.0 Å². The van der Waals surface area contributed by atoms with Crippen molar-refractivity contribution in [2.75, 3.05) is 5.32 Å². The quantitative estimate of drug-likeness (QED) is 0.723. The smallest absolute Gasteiger partial charge is 0.307 e. The van der Waals surface area contributed by atoms with Crippen molar-refractivity contribution in [2.45, 2.75) is 37.8 Å². The molecular weight excluding hydrogens is 282 g/mol. The molecule has 0 aliphatic carbocycles. The van der Waals surface area contributed by atoms with Crippen LogP contribution in [0.25, 0.3) is 0 Å². The van der Waals surface area contributed by atoms with Gasteiger partial charge in [0.25, 0.3) is 0 Å². The number of aliphatic carboxylic acids is 1. The highest BCUT2D eigenvalue weighted by Gasteiger charge is 2.39. The molecule has 1 aromatic carbocycles. The third kappa shape index (κ3) is 4.42. The SMILES string of the molecule is C#CCCC1(CCC(=O)Nc2ccccc2CC(=O)O)N=N1. The molecule has 22 heavy (non-hydrogen) atoms. The van der Waals surface area contributed by atoms with Gasteiger partial charge in [0, 0.05) is 31.4 Å². The summed E-state index contributed by atoms with van der Waals surface area (Å²) in [5.74, 6) is 1.42. The number of hydrogen-bond acceptors (Lipinski definition) is 4. The first-order valence-corrected chi connectivity index (χ1v) is 7.02. The van der Waals surface area contributed by atoms with E-state index in [1.165, 1.54) is 0 Å². The van der Waals surface area contributed by atoms with Gasteiger partial charge in [-0.3, -0.25) is 9.59 Å². The Bertz CT molecular complexity index is 640. The first-order chi connectivity index (χ1) is 10.5. The van der Waals surface area contributed by atoms with Crippen molar-refractivity contribution in [1.29, 1.82) is 0 Å². The van der Waals surface area contributed by atoms with Gasteiger partial charge in [-0.15, -0.1) is 12.3 Å². The van der Waals surface area contributed by atoms with Crippen molar-refractivity contribution in [3.8, 4) is 12.3 Å². The molecule has 1 aromatic rings. The molecule has 1 heterocycles. The van der Waals surface area contributed by atoms with Crippen molar-refractivity contribution in [3.05, 3.63) is 29.8 Å². The Labute approximate surface area is 128 Å². The van der Waals surface area contributed by atoms with E-state index in [9.17, 15) is 9.59 Å². The highest BCUT2D eigenvalue weighted by Crippen LogP contribution is 2.37. The fourth-order valence-electron chi connectivity index (χ4n) is 2.15. The normalized spacial score (nSPS) is 14.1. The number of anilines is 1. The van der Waals surface area contributed by atoms with Crippen LogP contribution in [0.3, 0.4) is 0 Å². The Kier molecular flexibility index (Phi) is 4.89. The highest BCUT2D eigenvalue weighted by atomic mass is 16.4. The monoisotopic (exact) mass is 299 g/mol. The topological polar surface area (TPSA) is 91.1 Å². The average molecular weight is 299 g/mol. The van der Waals surface area contributed by atoms with E-state index in [1.807, 2.05) is 0 Å². The maximum atomic E-state index is 12.0. The highest BCUT2D eigenvalue weighted by molar-refractivity contribution is 5.92. The number of amides is 1. The number of hydrogen-bond donors (Lipinski definition) is 2. The summed E-state index contributed by atoms with van der Waals surface area (Å²) in [5.41, 5.74) is 0.619. The molecule has 0 spiro atoms. The maximum Gasteiger partial charge on any atom is 0.307 e. The van der Waals surface area contributed by atoms with Gasteiger partial charge in [0.05, 0.1) is 6.42 Å². The molecule has 2 N–H and O–H groups in total. The zero-order valence-electron chi connectivity index (χ0n) is 12.1. The third-order valence-corrected chi connectivity index (χ3v) is 3.44. The van der Waals surface area contributed by atoms with Crippen LogP contribution in [0.5, 0.6) is 0 Å². The fraction of sp³-hybridized carbons (Fsp3) is 0.375. The molecule has 0 saturated heterocycles. The second-order valence-electron chi connectivity index (χ2n) is 5.16. The number of benzene rings is 1. The minimum atomic E-state index is -0.939. The van der Waals surface area contributed by atoms with Crippen LogP contribution in [0.15, 0.2) is 34.5 Å². The Hall–Kier alpha value is -2.68. The van der Waals surface area contributed by atoms with Gasteiger partial charge in [-0.1, -0.05) is 18.2 Å². The van der Waals surface area contributed by atoms with Crippen LogP contribution < -0.4 is 5.32 Å². The van der Waals surface area contributed by atoms with E-state index in [0.717, 1.165) is 0 Å². The number of nitrogens with zero attached hydrogens (tertiary/aromatic N) is 2. The second kappa shape index (κ2) is 6.85. The zero-order chi connectivity index (χ0) is 16.0. The lowest BCUT2D eigenvalue weighted by Gasteiger charge is -2.11. The van der Waals surface area contributed by atoms with Gasteiger partial charge in [-0.25, -0.2) is 0 Å². The standard InChI is InChI=1S/C16H17N3O3/c1-2-3-9-16(18-19-16)10-8-14(20)17-13-7-5-4-6-12(13)11-15(21)22/h1,4-7H,3,8-11H2,(H,17,20)(H,21,22). The molecule has 0 atom stereocenters. The molecule has 6 heteroatoms. The van der Waals surface area contributed by atoms with E-state index >= 15 is 0 Å². The Morgan fingerprint density at radius 3 is 2.64 bits per heavy atom. The lowest BCUT2D eigenvalue weighted by Crippen LogP contribution is -2.18. The summed E-state index contributed by atoms with van der Waals surface area (Å²) in [6, 6.07) is 6.87. The Morgan fingerprint density at radius 2 is 2.00 bits per heavy atom. The Balaban J connectivity index is 1.88. The summed E-state index contributed by atoms with van der Waals surface area (Å²) in [6.07, 6.45) is 7.10. The van der Waals surface area contributed by atoms with Crippen LogP contribution in [0.2, 0.25) is 0 Å². The van der Waals surface area contributed by atoms with Gasteiger partial charge in [0.15, 0.2) is 5.66 Å². The molecule has 2 rings (SSSR count). The second-order valence-corrected chi connectivity index (χ2v) is 5.16. The first kappa shape index (κ1) is 15.7. The third-order valence-electron chi connectivity index (χ3n) is 3.44. The van der Waals surface area contributed by atoms with E-state index < -0.39 is 11.6 Å². The predicted molar refractivity (Wildman–Crippen MR) is 81.3 cm³/mol. The largest absolute Gasteiger partial charge is 0.481 e. The Morgan fingerprint density at radius 1 is 1.27 bits per heavy atom. The first-order valence-electron chi connectivity index (χ1n) is 7.02. The van der Waals surface area contributed by atoms with Gasteiger partial charge in [-0.05, 0) is 11.6 Å². The van der Waals surface area contributed by atoms with Crippen LogP contribution in [0.1, 0.15) is 31.2 Å². The summed E-state index contributed by atoms with van der Waals surface area (Å²) >= 11 is 0. The van der Waals surface area contributed by atoms with Crippen LogP contribution >= 0.6 is 0 Å². The minimum absolute atomic E-state index is 0.132. The van der Waals surface area contributed by atoms with Crippen molar-refractivity contribution >= 4 is 17.6 Å². The number of rotatable bonds is 8. The van der Waals surface area contributed by atoms with Crippen molar-refractivity contribution < 1.29 is 14.7 Å². The fourth-order valence-corrected chi connectivity index (χ4v) is 2.15. The summed E-state index contributed by atoms with van der Waals surface area (Å²) in [4.78, 5) is 22.8. The molecule has 0 aromatic heterocycles. The van der Waals surface area contributed by atoms with E-state index in [4.69, 9.17) is 11.5 Å². The van der Waals surface area contributed by atoms with Gasteiger partial charge in [0.1, 0.15) is 0 Å². The number of nitrogens with one attached hydrogen (secondary N) is 1. The average Bonchev–Trinajstić information content (AvgIpc) is 3.25. The number of carbonyl (C=O) groups is 2. The van der Waals surface area contributed by atoms with E-state index in [2.05, 4.69) is 21.5 Å². The predicted octanol–water partition coefficient (Wildman–Crippen LogP) is 2.61. The number of terminal acetylenes is 1. The molecule has 1 amide bonds. The molecule has 114 valence electrons. The summed E-state index contributed by atoms with van der Waals surface area (Å²) in [6.45, 7) is 0. The molecule has 1 aliphatic heterocycles. The van der Waals surface area contributed by atoms with Crippen molar-refractivity contribution in [3.63, 3.8) is 0 Å². The lowest BCUT2D eigenvalue weighted by atomic mass is 10.0. The summed E-state index contributed by atoms with van der Waals surface area (Å²) in [7, 11) is 0. The molecule has 0 unspecified atom stereocenters. The molecular formula is C16H17N3O3. The molecule has 1 aliphatic rings. The number of carboxylic acids is 1. The van der Waals surface area contributed by atoms with Gasteiger partial charge >= 0.3 is 5.97 Å². The minimum Gasteiger partial charge on any atom is -0.481 e. The molecule has 0 saturated carbocycles. The van der Waals surface area contributed by atoms with E-state index in [-0.39, 0.29) is 18.7 Å². The van der Waals surface area contributed by atoms with Gasteiger partial charge < -0.3 is 10.4 Å². The number of carboxylic acid groups (broad SMARTS) is 1. The van der Waals surface area contributed by atoms with E-state index in [0.29, 0.717) is 30.5 Å². The van der Waals surface area contributed by atoms with Gasteiger partial charge in [-0.2, -0.15) is 10.2 Å². The number of para-hydroxylation sites is 1. The van der Waals surface area contributed by atoms with Crippen molar-refractivity contribution in [1.82, 2.24) is 0 Å². The maximum absolute atomic E-state index is 12.0. The zero-order valence-corrected chi connectivity index (χ0v) is 12.1. The molecule has 6 nitrogen and oxygen atoms in total. The summed E-state index contributed by atoms with van der Waals surface area (Å²) < 4.78 is 0. The number of carbonyl (C=O) groups excluding carboxylic acids is 1.